The summed E-state index contributed by atoms with van der Waals surface area (Å²) in [5.74, 6) is 2.40. The molecule has 0 saturated carbocycles. The smallest absolute Gasteiger partial charge is 0.269 e. The van der Waals surface area contributed by atoms with Crippen LogP contribution in [-0.4, -0.2) is 39.7 Å². The van der Waals surface area contributed by atoms with E-state index in [0.29, 0.717) is 40.4 Å². The van der Waals surface area contributed by atoms with Gasteiger partial charge in [0.05, 0.1) is 19.1 Å². The van der Waals surface area contributed by atoms with E-state index in [1.54, 1.807) is 31.0 Å². The average molecular weight is 494 g/mol. The second-order valence-electron chi connectivity index (χ2n) is 8.19. The van der Waals surface area contributed by atoms with Gasteiger partial charge in [-0.05, 0) is 36.1 Å². The molecule has 0 fully saturated rings. The Labute approximate surface area is 205 Å². The number of ether oxygens (including phenoxy) is 2. The van der Waals surface area contributed by atoms with E-state index < -0.39 is 11.0 Å². The molecule has 0 saturated heterocycles. The number of nitrogens with one attached hydrogen (secondary N) is 1. The highest BCUT2D eigenvalue weighted by molar-refractivity contribution is 7.98. The standard InChI is InChI=1S/C24H23N5O5S/c1-33-19-11-8-15(12-20(19)34-2)22-21-17(4-3-5-18(21)30)25-23-26-24(27-28(22)23)35-13-14-6-9-16(10-7-14)29(31)32/h6-12,22H,3-5,13H2,1-2H3,(H,25,26,27). The summed E-state index contributed by atoms with van der Waals surface area (Å²) in [4.78, 5) is 28.2. The van der Waals surface area contributed by atoms with Gasteiger partial charge in [-0.25, -0.2) is 4.68 Å². The van der Waals surface area contributed by atoms with E-state index in [1.807, 2.05) is 18.2 Å². The van der Waals surface area contributed by atoms with Crippen LogP contribution >= 0.6 is 11.8 Å². The van der Waals surface area contributed by atoms with Crippen LogP contribution in [0.15, 0.2) is 58.9 Å². The lowest BCUT2D eigenvalue weighted by Crippen LogP contribution is -2.31. The number of methoxy groups -OCH3 is 2. The number of carbonyl (C=O) groups is 1. The predicted octanol–water partition coefficient (Wildman–Crippen LogP) is 4.52. The van der Waals surface area contributed by atoms with E-state index in [-0.39, 0.29) is 11.5 Å². The van der Waals surface area contributed by atoms with Crippen LogP contribution in [0.2, 0.25) is 0 Å². The number of nitro groups is 1. The van der Waals surface area contributed by atoms with E-state index in [1.165, 1.54) is 23.9 Å². The first-order valence-corrected chi connectivity index (χ1v) is 12.0. The van der Waals surface area contributed by atoms with Gasteiger partial charge in [-0.2, -0.15) is 4.98 Å². The Morgan fingerprint density at radius 2 is 1.91 bits per heavy atom. The predicted molar refractivity (Wildman–Crippen MR) is 130 cm³/mol. The number of rotatable bonds is 7. The van der Waals surface area contributed by atoms with Crippen molar-refractivity contribution < 1.29 is 19.2 Å². The highest BCUT2D eigenvalue weighted by Crippen LogP contribution is 2.42. The minimum atomic E-state index is -0.435. The van der Waals surface area contributed by atoms with E-state index in [0.717, 1.165) is 29.7 Å². The number of anilines is 1. The fraction of sp³-hybridized carbons (Fsp3) is 0.292. The second kappa shape index (κ2) is 9.41. The van der Waals surface area contributed by atoms with Crippen LogP contribution in [0, 0.1) is 10.1 Å². The van der Waals surface area contributed by atoms with Crippen molar-refractivity contribution in [1.29, 1.82) is 0 Å². The van der Waals surface area contributed by atoms with Crippen molar-refractivity contribution in [3.05, 3.63) is 75.0 Å². The number of Topliss-reactive ketones (excluding diaryl/α,β-unsaturated/α-hetero) is 1. The highest BCUT2D eigenvalue weighted by atomic mass is 32.2. The normalized spacial score (nSPS) is 16.9. The summed E-state index contributed by atoms with van der Waals surface area (Å²) >= 11 is 1.43. The molecule has 1 aliphatic heterocycles. The minimum Gasteiger partial charge on any atom is -0.493 e. The fourth-order valence-electron chi connectivity index (χ4n) is 4.39. The summed E-state index contributed by atoms with van der Waals surface area (Å²) in [5.41, 5.74) is 3.41. The number of nitrogens with zero attached hydrogens (tertiary/aromatic N) is 4. The molecule has 35 heavy (non-hydrogen) atoms. The van der Waals surface area contributed by atoms with Crippen molar-refractivity contribution in [2.24, 2.45) is 0 Å². The van der Waals surface area contributed by atoms with Crippen molar-refractivity contribution in [2.45, 2.75) is 36.2 Å². The van der Waals surface area contributed by atoms with Crippen LogP contribution in [0.25, 0.3) is 0 Å². The van der Waals surface area contributed by atoms with Gasteiger partial charge in [-0.3, -0.25) is 14.9 Å². The number of allylic oxidation sites excluding steroid dienone is 2. The Morgan fingerprint density at radius 1 is 1.14 bits per heavy atom. The Kier molecular flexibility index (Phi) is 6.16. The van der Waals surface area contributed by atoms with Crippen molar-refractivity contribution in [2.75, 3.05) is 19.5 Å². The average Bonchev–Trinajstić information content (AvgIpc) is 3.28. The monoisotopic (exact) mass is 493 g/mol. The number of hydrogen-bond acceptors (Lipinski definition) is 9. The summed E-state index contributed by atoms with van der Waals surface area (Å²) in [5, 5.41) is 19.5. The molecular formula is C24H23N5O5S. The SMILES string of the molecule is COc1ccc(C2C3=C(CCCC3=O)Nc3nc(SCc4ccc([N+](=O)[O-])cc4)nn32)cc1OC. The summed E-state index contributed by atoms with van der Waals surface area (Å²) < 4.78 is 12.6. The van der Waals surface area contributed by atoms with Crippen LogP contribution in [-0.2, 0) is 10.5 Å². The number of carbonyl (C=O) groups excluding carboxylic acids is 1. The molecule has 2 aliphatic rings. The van der Waals surface area contributed by atoms with Crippen LogP contribution in [0.5, 0.6) is 11.5 Å². The maximum absolute atomic E-state index is 13.0. The molecule has 1 atom stereocenters. The third-order valence-electron chi connectivity index (χ3n) is 6.09. The van der Waals surface area contributed by atoms with Gasteiger partial charge in [0, 0.05) is 35.6 Å². The number of ketones is 1. The summed E-state index contributed by atoms with van der Waals surface area (Å²) in [6.07, 6.45) is 2.05. The first kappa shape index (κ1) is 22.9. The molecule has 0 radical (unpaired) electrons. The first-order chi connectivity index (χ1) is 17.0. The molecule has 0 spiro atoms. The number of fused-ring (bicyclic) bond motifs is 1. The Morgan fingerprint density at radius 3 is 2.63 bits per heavy atom. The zero-order valence-corrected chi connectivity index (χ0v) is 20.0. The van der Waals surface area contributed by atoms with Gasteiger partial charge in [0.25, 0.3) is 5.69 Å². The second-order valence-corrected chi connectivity index (χ2v) is 9.13. The summed E-state index contributed by atoms with van der Waals surface area (Å²) in [6.45, 7) is 0. The van der Waals surface area contributed by atoms with E-state index in [9.17, 15) is 14.9 Å². The van der Waals surface area contributed by atoms with Gasteiger partial charge in [0.15, 0.2) is 17.3 Å². The molecule has 3 aromatic rings. The molecule has 10 nitrogen and oxygen atoms in total. The molecular weight excluding hydrogens is 470 g/mol. The summed E-state index contributed by atoms with van der Waals surface area (Å²) in [6, 6.07) is 11.6. The maximum Gasteiger partial charge on any atom is 0.269 e. The lowest BCUT2D eigenvalue weighted by molar-refractivity contribution is -0.384. The van der Waals surface area contributed by atoms with Crippen molar-refractivity contribution >= 4 is 29.2 Å². The van der Waals surface area contributed by atoms with E-state index >= 15 is 0 Å². The molecule has 1 aromatic heterocycles. The molecule has 5 rings (SSSR count). The van der Waals surface area contributed by atoms with Gasteiger partial charge in [-0.15, -0.1) is 5.10 Å². The third kappa shape index (κ3) is 4.34. The lowest BCUT2D eigenvalue weighted by Gasteiger charge is -2.32. The molecule has 0 bridgehead atoms. The third-order valence-corrected chi connectivity index (χ3v) is 7.00. The van der Waals surface area contributed by atoms with Crippen LogP contribution in [0.3, 0.4) is 0 Å². The van der Waals surface area contributed by atoms with Crippen LogP contribution < -0.4 is 14.8 Å². The first-order valence-electron chi connectivity index (χ1n) is 11.1. The maximum atomic E-state index is 13.0. The summed E-state index contributed by atoms with van der Waals surface area (Å²) in [7, 11) is 3.16. The zero-order valence-electron chi connectivity index (χ0n) is 19.2. The van der Waals surface area contributed by atoms with Gasteiger partial charge >= 0.3 is 0 Å². The highest BCUT2D eigenvalue weighted by Gasteiger charge is 2.37. The molecule has 2 aromatic carbocycles. The molecule has 180 valence electrons. The van der Waals surface area contributed by atoms with Gasteiger partial charge in [0.2, 0.25) is 11.1 Å². The minimum absolute atomic E-state index is 0.0533. The fourth-order valence-corrected chi connectivity index (χ4v) is 5.18. The molecule has 0 amide bonds. The number of thioether (sulfide) groups is 1. The Balaban J connectivity index is 1.48. The Hall–Kier alpha value is -3.86. The molecule has 1 unspecified atom stereocenters. The number of aromatic nitrogens is 3. The van der Waals surface area contributed by atoms with Crippen LogP contribution in [0.1, 0.15) is 36.4 Å². The topological polar surface area (TPSA) is 121 Å². The molecule has 11 heteroatoms. The van der Waals surface area contributed by atoms with E-state index in [2.05, 4.69) is 10.3 Å². The van der Waals surface area contributed by atoms with Crippen molar-refractivity contribution in [3.8, 4) is 11.5 Å². The molecule has 2 heterocycles. The number of hydrogen-bond donors (Lipinski definition) is 1. The van der Waals surface area contributed by atoms with Crippen molar-refractivity contribution in [3.63, 3.8) is 0 Å². The van der Waals surface area contributed by atoms with E-state index in [4.69, 9.17) is 14.6 Å². The lowest BCUT2D eigenvalue weighted by atomic mass is 9.85. The number of non-ortho nitro benzene ring substituents is 1. The van der Waals surface area contributed by atoms with Gasteiger partial charge in [0.1, 0.15) is 6.04 Å². The number of benzene rings is 2. The molecule has 1 N–H and O–H groups in total. The van der Waals surface area contributed by atoms with Crippen molar-refractivity contribution in [1.82, 2.24) is 14.8 Å². The zero-order chi connectivity index (χ0) is 24.5. The largest absolute Gasteiger partial charge is 0.493 e. The van der Waals surface area contributed by atoms with Gasteiger partial charge in [-0.1, -0.05) is 30.0 Å². The van der Waals surface area contributed by atoms with Crippen LogP contribution in [0.4, 0.5) is 11.6 Å². The quantitative estimate of drug-likeness (QED) is 0.288. The Bertz CT molecular complexity index is 1330. The molecule has 1 aliphatic carbocycles. The van der Waals surface area contributed by atoms with Gasteiger partial charge < -0.3 is 14.8 Å². The number of nitro benzene ring substituents is 1.